The molecule has 7 heteroatoms. The molecule has 1 aromatic heterocycles. The first kappa shape index (κ1) is 16.8. The van der Waals surface area contributed by atoms with Gasteiger partial charge in [0, 0.05) is 19.2 Å². The van der Waals surface area contributed by atoms with Gasteiger partial charge in [-0.1, -0.05) is 18.2 Å². The minimum atomic E-state index is 0.546. The van der Waals surface area contributed by atoms with Gasteiger partial charge in [0.25, 0.3) is 0 Å². The standard InChI is InChI=1S/C16H24N6O/c1-4-17-16(19-11-15-21-20-12-22(15)3)18-10-13-8-6-7-9-14(13)23-5-2/h6-9,12H,4-5,10-11H2,1-3H3,(H2,17,18,19). The van der Waals surface area contributed by atoms with Gasteiger partial charge in [-0.05, 0) is 19.9 Å². The summed E-state index contributed by atoms with van der Waals surface area (Å²) in [4.78, 5) is 4.61. The normalized spacial score (nSPS) is 11.3. The third-order valence-electron chi connectivity index (χ3n) is 3.24. The second kappa shape index (κ2) is 8.77. The van der Waals surface area contributed by atoms with Crippen molar-refractivity contribution in [3.8, 4) is 5.75 Å². The molecule has 0 bridgehead atoms. The van der Waals surface area contributed by atoms with Crippen molar-refractivity contribution in [1.82, 2.24) is 25.4 Å². The molecule has 0 unspecified atom stereocenters. The average molecular weight is 316 g/mol. The molecule has 0 amide bonds. The molecule has 0 aliphatic carbocycles. The Labute approximate surface area is 136 Å². The van der Waals surface area contributed by atoms with E-state index in [0.29, 0.717) is 19.7 Å². The van der Waals surface area contributed by atoms with Gasteiger partial charge in [-0.15, -0.1) is 10.2 Å². The van der Waals surface area contributed by atoms with Gasteiger partial charge in [0.05, 0.1) is 19.7 Å². The lowest BCUT2D eigenvalue weighted by Crippen LogP contribution is -2.37. The zero-order valence-corrected chi connectivity index (χ0v) is 13.9. The zero-order valence-electron chi connectivity index (χ0n) is 13.9. The van der Waals surface area contributed by atoms with Gasteiger partial charge in [-0.2, -0.15) is 0 Å². The van der Waals surface area contributed by atoms with Gasteiger partial charge < -0.3 is 19.9 Å². The molecule has 0 aliphatic heterocycles. The van der Waals surface area contributed by atoms with Gasteiger partial charge in [0.2, 0.25) is 0 Å². The van der Waals surface area contributed by atoms with Crippen LogP contribution >= 0.6 is 0 Å². The molecule has 1 heterocycles. The molecule has 2 N–H and O–H groups in total. The molecule has 0 saturated heterocycles. The van der Waals surface area contributed by atoms with Crippen LogP contribution in [0.1, 0.15) is 25.2 Å². The van der Waals surface area contributed by atoms with Crippen LogP contribution in [0.4, 0.5) is 0 Å². The van der Waals surface area contributed by atoms with Crippen LogP contribution in [0.3, 0.4) is 0 Å². The van der Waals surface area contributed by atoms with Crippen LogP contribution in [0.15, 0.2) is 35.6 Å². The fourth-order valence-electron chi connectivity index (χ4n) is 2.07. The van der Waals surface area contributed by atoms with Crippen molar-refractivity contribution >= 4 is 5.96 Å². The second-order valence-electron chi connectivity index (χ2n) is 4.95. The highest BCUT2D eigenvalue weighted by molar-refractivity contribution is 5.79. The first-order valence-electron chi connectivity index (χ1n) is 7.80. The first-order chi connectivity index (χ1) is 11.2. The van der Waals surface area contributed by atoms with Crippen LogP contribution in [0.5, 0.6) is 5.75 Å². The lowest BCUT2D eigenvalue weighted by atomic mass is 10.2. The number of ether oxygens (including phenoxy) is 1. The van der Waals surface area contributed by atoms with Crippen LogP contribution in [0.2, 0.25) is 0 Å². The number of hydrogen-bond donors (Lipinski definition) is 2. The molecule has 0 fully saturated rings. The number of aliphatic imine (C=N–C) groups is 1. The Morgan fingerprint density at radius 1 is 1.26 bits per heavy atom. The molecule has 124 valence electrons. The third-order valence-corrected chi connectivity index (χ3v) is 3.24. The molecule has 0 aliphatic rings. The molecule has 1 aromatic carbocycles. The lowest BCUT2D eigenvalue weighted by Gasteiger charge is -2.12. The molecular formula is C16H24N6O. The second-order valence-corrected chi connectivity index (χ2v) is 4.95. The monoisotopic (exact) mass is 316 g/mol. The highest BCUT2D eigenvalue weighted by Gasteiger charge is 2.05. The molecule has 2 rings (SSSR count). The third kappa shape index (κ3) is 4.98. The molecule has 0 spiro atoms. The van der Waals surface area contributed by atoms with Gasteiger partial charge in [-0.25, -0.2) is 4.99 Å². The summed E-state index contributed by atoms with van der Waals surface area (Å²) in [6.45, 7) is 6.56. The minimum Gasteiger partial charge on any atom is -0.494 e. The Bertz CT molecular complexity index is 637. The summed E-state index contributed by atoms with van der Waals surface area (Å²) < 4.78 is 7.51. The zero-order chi connectivity index (χ0) is 16.5. The van der Waals surface area contributed by atoms with E-state index in [9.17, 15) is 0 Å². The molecule has 23 heavy (non-hydrogen) atoms. The molecule has 2 aromatic rings. The Hall–Kier alpha value is -2.57. The van der Waals surface area contributed by atoms with Crippen molar-refractivity contribution in [3.63, 3.8) is 0 Å². The largest absolute Gasteiger partial charge is 0.494 e. The minimum absolute atomic E-state index is 0.546. The van der Waals surface area contributed by atoms with Crippen molar-refractivity contribution in [3.05, 3.63) is 42.0 Å². The van der Waals surface area contributed by atoms with E-state index in [2.05, 4.69) is 25.8 Å². The number of rotatable bonds is 7. The number of aromatic nitrogens is 3. The molecule has 7 nitrogen and oxygen atoms in total. The molecule has 0 atom stereocenters. The predicted octanol–water partition coefficient (Wildman–Crippen LogP) is 1.47. The first-order valence-corrected chi connectivity index (χ1v) is 7.80. The van der Waals surface area contributed by atoms with Crippen molar-refractivity contribution in [1.29, 1.82) is 0 Å². The number of benzene rings is 1. The van der Waals surface area contributed by atoms with Crippen LogP contribution in [0.25, 0.3) is 0 Å². The summed E-state index contributed by atoms with van der Waals surface area (Å²) in [5, 5.41) is 14.4. The Balaban J connectivity index is 2.02. The number of nitrogens with one attached hydrogen (secondary N) is 2. The van der Waals surface area contributed by atoms with E-state index in [4.69, 9.17) is 4.74 Å². The van der Waals surface area contributed by atoms with Crippen molar-refractivity contribution in [2.24, 2.45) is 12.0 Å². The van der Waals surface area contributed by atoms with Crippen LogP contribution in [-0.4, -0.2) is 33.9 Å². The number of nitrogens with zero attached hydrogens (tertiary/aromatic N) is 4. The van der Waals surface area contributed by atoms with E-state index in [-0.39, 0.29) is 0 Å². The van der Waals surface area contributed by atoms with E-state index in [0.717, 1.165) is 29.6 Å². The van der Waals surface area contributed by atoms with Crippen molar-refractivity contribution < 1.29 is 4.74 Å². The smallest absolute Gasteiger partial charge is 0.191 e. The maximum Gasteiger partial charge on any atom is 0.191 e. The summed E-state index contributed by atoms with van der Waals surface area (Å²) >= 11 is 0. The number of para-hydroxylation sites is 1. The van der Waals surface area contributed by atoms with Crippen molar-refractivity contribution in [2.45, 2.75) is 26.9 Å². The average Bonchev–Trinajstić information content (AvgIpc) is 2.97. The van der Waals surface area contributed by atoms with Gasteiger partial charge >= 0.3 is 0 Å². The lowest BCUT2D eigenvalue weighted by molar-refractivity contribution is 0.336. The predicted molar refractivity (Wildman–Crippen MR) is 90.3 cm³/mol. The topological polar surface area (TPSA) is 76.4 Å². The number of guanidine groups is 1. The fraction of sp³-hybridized carbons (Fsp3) is 0.438. The van der Waals surface area contributed by atoms with Gasteiger partial charge in [-0.3, -0.25) is 0 Å². The summed E-state index contributed by atoms with van der Waals surface area (Å²) in [5.41, 5.74) is 1.06. The van der Waals surface area contributed by atoms with Crippen LogP contribution in [0, 0.1) is 0 Å². The highest BCUT2D eigenvalue weighted by atomic mass is 16.5. The summed E-state index contributed by atoms with van der Waals surface area (Å²) in [6, 6.07) is 7.96. The maximum atomic E-state index is 5.63. The van der Waals surface area contributed by atoms with E-state index in [1.807, 2.05) is 49.7 Å². The summed E-state index contributed by atoms with van der Waals surface area (Å²) in [6.07, 6.45) is 1.68. The SMILES string of the molecule is CCNC(=NCc1ccccc1OCC)NCc1nncn1C. The van der Waals surface area contributed by atoms with E-state index >= 15 is 0 Å². The maximum absolute atomic E-state index is 5.63. The Morgan fingerprint density at radius 2 is 2.09 bits per heavy atom. The van der Waals surface area contributed by atoms with Crippen molar-refractivity contribution in [2.75, 3.05) is 13.2 Å². The van der Waals surface area contributed by atoms with Gasteiger partial charge in [0.15, 0.2) is 11.8 Å². The van der Waals surface area contributed by atoms with E-state index in [1.165, 1.54) is 0 Å². The van der Waals surface area contributed by atoms with E-state index in [1.54, 1.807) is 6.33 Å². The van der Waals surface area contributed by atoms with Gasteiger partial charge in [0.1, 0.15) is 12.1 Å². The Morgan fingerprint density at radius 3 is 2.78 bits per heavy atom. The summed E-state index contributed by atoms with van der Waals surface area (Å²) in [5.74, 6) is 2.47. The Kier molecular flexibility index (Phi) is 6.40. The summed E-state index contributed by atoms with van der Waals surface area (Å²) in [7, 11) is 1.92. The molecular weight excluding hydrogens is 292 g/mol. The highest BCUT2D eigenvalue weighted by Crippen LogP contribution is 2.18. The quantitative estimate of drug-likeness (QED) is 0.597. The molecule has 0 saturated carbocycles. The van der Waals surface area contributed by atoms with Crippen LogP contribution < -0.4 is 15.4 Å². The van der Waals surface area contributed by atoms with E-state index < -0.39 is 0 Å². The molecule has 0 radical (unpaired) electrons. The number of aryl methyl sites for hydroxylation is 1. The fourth-order valence-corrected chi connectivity index (χ4v) is 2.07. The van der Waals surface area contributed by atoms with Crippen LogP contribution in [-0.2, 0) is 20.1 Å². The number of hydrogen-bond acceptors (Lipinski definition) is 4.